The summed E-state index contributed by atoms with van der Waals surface area (Å²) in [5.74, 6) is 0.245. The Balaban J connectivity index is 2.33. The Morgan fingerprint density at radius 2 is 1.77 bits per heavy atom. The van der Waals surface area contributed by atoms with Gasteiger partial charge in [-0.05, 0) is 30.5 Å². The minimum absolute atomic E-state index is 0.245. The van der Waals surface area contributed by atoms with Crippen molar-refractivity contribution in [2.24, 2.45) is 0 Å². The van der Waals surface area contributed by atoms with Crippen molar-refractivity contribution in [2.75, 3.05) is 0 Å². The zero-order valence-corrected chi connectivity index (χ0v) is 7.22. The van der Waals surface area contributed by atoms with E-state index in [4.69, 9.17) is 15.3 Å². The lowest BCUT2D eigenvalue weighted by Gasteiger charge is -2.02. The van der Waals surface area contributed by atoms with Crippen LogP contribution < -0.4 is 0 Å². The van der Waals surface area contributed by atoms with Gasteiger partial charge in [0.1, 0.15) is 5.75 Å². The number of aryl methyl sites for hydroxylation is 1. The van der Waals surface area contributed by atoms with Crippen LogP contribution in [0.15, 0.2) is 24.3 Å². The second-order valence-corrected chi connectivity index (χ2v) is 2.85. The van der Waals surface area contributed by atoms with Gasteiger partial charge in [-0.3, -0.25) is 0 Å². The average Bonchev–Trinajstić information content (AvgIpc) is 2.08. The zero-order valence-electron chi connectivity index (χ0n) is 7.22. The fourth-order valence-electron chi connectivity index (χ4n) is 1.06. The number of phenolic OH excluding ortho intramolecular Hbond substituents is 1. The van der Waals surface area contributed by atoms with Gasteiger partial charge in [-0.2, -0.15) is 0 Å². The average molecular weight is 181 g/mol. The maximum Gasteiger partial charge on any atom is 0.154 e. The van der Waals surface area contributed by atoms with E-state index in [1.807, 2.05) is 12.1 Å². The number of aliphatic hydroxyl groups excluding tert-OH is 1. The lowest BCUT2D eigenvalue weighted by Crippen LogP contribution is -2.05. The molecule has 0 atom stereocenters. The van der Waals surface area contributed by atoms with Crippen LogP contribution >= 0.6 is 0 Å². The first kappa shape index (κ1) is 10.0. The van der Waals surface area contributed by atoms with E-state index in [9.17, 15) is 0 Å². The molecule has 0 aliphatic rings. The summed E-state index contributed by atoms with van der Waals surface area (Å²) in [6.07, 6.45) is 1.45. The van der Waals surface area contributed by atoms with Crippen molar-refractivity contribution in [1.82, 2.24) is 0 Å². The molecule has 0 aliphatic carbocycles. The molecule has 0 amide bonds. The molecule has 0 saturated carbocycles. The number of hydrogen-bond acceptors (Lipinski definition) is 3. The van der Waals surface area contributed by atoms with Gasteiger partial charge in [0.25, 0.3) is 0 Å². The first-order valence-corrected chi connectivity index (χ1v) is 4.16. The van der Waals surface area contributed by atoms with Crippen molar-refractivity contribution in [3.63, 3.8) is 0 Å². The van der Waals surface area contributed by atoms with E-state index >= 15 is 0 Å². The second kappa shape index (κ2) is 4.84. The van der Waals surface area contributed by atoms with Crippen molar-refractivity contribution in [2.45, 2.75) is 19.1 Å². The third-order valence-electron chi connectivity index (χ3n) is 1.75. The highest BCUT2D eigenvalue weighted by Gasteiger charge is 1.98. The molecule has 0 fully saturated rings. The van der Waals surface area contributed by atoms with E-state index in [0.717, 1.165) is 12.0 Å². The van der Waals surface area contributed by atoms with Crippen molar-refractivity contribution < 1.29 is 15.3 Å². The zero-order chi connectivity index (χ0) is 9.68. The van der Waals surface area contributed by atoms with Crippen LogP contribution in [0.1, 0.15) is 12.0 Å². The van der Waals surface area contributed by atoms with E-state index in [2.05, 4.69) is 0 Å². The van der Waals surface area contributed by atoms with Gasteiger partial charge < -0.3 is 15.3 Å². The van der Waals surface area contributed by atoms with Gasteiger partial charge in [-0.1, -0.05) is 12.1 Å². The van der Waals surface area contributed by atoms with E-state index in [1.54, 1.807) is 12.1 Å². The van der Waals surface area contributed by atoms with Crippen LogP contribution in [0.3, 0.4) is 0 Å². The minimum Gasteiger partial charge on any atom is -0.508 e. The van der Waals surface area contributed by atoms with Gasteiger partial charge in [-0.15, -0.1) is 0 Å². The third-order valence-corrected chi connectivity index (χ3v) is 1.75. The highest BCUT2D eigenvalue weighted by atomic mass is 16.5. The van der Waals surface area contributed by atoms with Crippen LogP contribution in [-0.2, 0) is 6.42 Å². The topological polar surface area (TPSA) is 60.7 Å². The summed E-state index contributed by atoms with van der Waals surface area (Å²) in [5.41, 5.74) is 1.06. The summed E-state index contributed by atoms with van der Waals surface area (Å²) < 4.78 is 0. The molecule has 0 saturated heterocycles. The predicted molar refractivity (Wildman–Crippen MR) is 49.0 cm³/mol. The highest BCUT2D eigenvalue weighted by Crippen LogP contribution is 2.11. The molecule has 1 radical (unpaired) electrons. The molecule has 0 unspecified atom stereocenters. The molecule has 0 bridgehead atoms. The van der Waals surface area contributed by atoms with Crippen LogP contribution in [0.2, 0.25) is 0 Å². The molecule has 1 rings (SSSR count). The first-order valence-electron chi connectivity index (χ1n) is 4.16. The Morgan fingerprint density at radius 1 is 1.15 bits per heavy atom. The van der Waals surface area contributed by atoms with Gasteiger partial charge in [0.05, 0.1) is 0 Å². The quantitative estimate of drug-likeness (QED) is 0.603. The molecule has 1 aromatic carbocycles. The Morgan fingerprint density at radius 3 is 2.31 bits per heavy atom. The lowest BCUT2D eigenvalue weighted by molar-refractivity contribution is -0.0137. The van der Waals surface area contributed by atoms with E-state index in [-0.39, 0.29) is 5.75 Å². The first-order chi connectivity index (χ1) is 6.18. The maximum absolute atomic E-state index is 8.98. The molecule has 0 heterocycles. The Kier molecular flexibility index (Phi) is 3.73. The lowest BCUT2D eigenvalue weighted by atomic mass is 10.1. The van der Waals surface area contributed by atoms with E-state index in [0.29, 0.717) is 6.42 Å². The van der Waals surface area contributed by atoms with E-state index < -0.39 is 6.29 Å². The Labute approximate surface area is 77.3 Å². The van der Waals surface area contributed by atoms with Crippen LogP contribution in [-0.4, -0.2) is 21.6 Å². The third kappa shape index (κ3) is 3.92. The number of aliphatic hydroxyl groups is 2. The van der Waals surface area contributed by atoms with Crippen LogP contribution in [0.4, 0.5) is 0 Å². The molecule has 71 valence electrons. The fraction of sp³-hybridized carbons (Fsp3) is 0.300. The fourth-order valence-corrected chi connectivity index (χ4v) is 1.06. The Bertz CT molecular complexity index is 241. The number of benzene rings is 1. The molecule has 3 nitrogen and oxygen atoms in total. The molecule has 0 spiro atoms. The van der Waals surface area contributed by atoms with Crippen LogP contribution in [0, 0.1) is 6.42 Å². The molecule has 0 aromatic heterocycles. The number of aromatic hydroxyl groups is 1. The summed E-state index contributed by atoms with van der Waals surface area (Å²) in [4.78, 5) is 0. The summed E-state index contributed by atoms with van der Waals surface area (Å²) in [5, 5.41) is 26.1. The number of hydrogen-bond donors (Lipinski definition) is 3. The summed E-state index contributed by atoms with van der Waals surface area (Å²) >= 11 is 0. The normalized spacial score (nSPS) is 10.7. The molecule has 3 heteroatoms. The highest BCUT2D eigenvalue weighted by molar-refractivity contribution is 5.25. The minimum atomic E-state index is -1.34. The van der Waals surface area contributed by atoms with E-state index in [1.165, 1.54) is 6.42 Å². The molecular formula is C10H13O3. The molecule has 13 heavy (non-hydrogen) atoms. The van der Waals surface area contributed by atoms with Crippen LogP contribution in [0.25, 0.3) is 0 Å². The van der Waals surface area contributed by atoms with Gasteiger partial charge in [0.2, 0.25) is 0 Å². The van der Waals surface area contributed by atoms with Crippen molar-refractivity contribution in [3.05, 3.63) is 36.2 Å². The summed E-state index contributed by atoms with van der Waals surface area (Å²) in [6.45, 7) is 0. The van der Waals surface area contributed by atoms with Crippen molar-refractivity contribution in [3.8, 4) is 5.75 Å². The molecule has 0 aliphatic heterocycles. The van der Waals surface area contributed by atoms with Gasteiger partial charge in [0, 0.05) is 6.42 Å². The number of rotatable bonds is 4. The molecule has 3 N–H and O–H groups in total. The van der Waals surface area contributed by atoms with Gasteiger partial charge in [-0.25, -0.2) is 0 Å². The second-order valence-electron chi connectivity index (χ2n) is 2.85. The summed E-state index contributed by atoms with van der Waals surface area (Å²) in [6, 6.07) is 6.86. The predicted octanol–water partition coefficient (Wildman–Crippen LogP) is 0.840. The van der Waals surface area contributed by atoms with Crippen molar-refractivity contribution >= 4 is 0 Å². The van der Waals surface area contributed by atoms with Gasteiger partial charge in [0.15, 0.2) is 6.29 Å². The largest absolute Gasteiger partial charge is 0.508 e. The molecule has 1 aromatic rings. The van der Waals surface area contributed by atoms with Gasteiger partial charge >= 0.3 is 0 Å². The molecular weight excluding hydrogens is 168 g/mol. The number of phenols is 1. The smallest absolute Gasteiger partial charge is 0.154 e. The maximum atomic E-state index is 8.98. The standard InChI is InChI=1S/C10H13O3/c11-9-6-4-8(5-7-9)2-1-3-10(12)13/h3-7,10-13H,1-2H2. The monoisotopic (exact) mass is 181 g/mol. The van der Waals surface area contributed by atoms with Crippen molar-refractivity contribution in [1.29, 1.82) is 0 Å². The summed E-state index contributed by atoms with van der Waals surface area (Å²) in [7, 11) is 0. The Hall–Kier alpha value is -1.06. The SMILES string of the molecule is Oc1ccc(CC[CH]C(O)O)cc1. The van der Waals surface area contributed by atoms with Crippen LogP contribution in [0.5, 0.6) is 5.75 Å².